The second-order valence-corrected chi connectivity index (χ2v) is 8.97. The van der Waals surface area contributed by atoms with Crippen LogP contribution in [0.5, 0.6) is 0 Å². The first kappa shape index (κ1) is 21.9. The summed E-state index contributed by atoms with van der Waals surface area (Å²) in [5.74, 6) is 0.289. The van der Waals surface area contributed by atoms with E-state index in [0.717, 1.165) is 36.8 Å². The summed E-state index contributed by atoms with van der Waals surface area (Å²) in [5.41, 5.74) is 4.91. The van der Waals surface area contributed by atoms with Crippen LogP contribution in [-0.2, 0) is 9.84 Å². The van der Waals surface area contributed by atoms with E-state index in [1.807, 2.05) is 26.0 Å². The highest BCUT2D eigenvalue weighted by molar-refractivity contribution is 7.91. The molecule has 132 valence electrons. The van der Waals surface area contributed by atoms with Crippen molar-refractivity contribution >= 4 is 9.84 Å². The highest BCUT2D eigenvalue weighted by Gasteiger charge is 2.07. The molecule has 0 atom stereocenters. The molecule has 0 bridgehead atoms. The average molecular weight is 339 g/mol. The maximum atomic E-state index is 12.1. The molecule has 0 spiro atoms. The van der Waals surface area contributed by atoms with E-state index in [1.165, 1.54) is 11.1 Å². The first-order valence-electron chi connectivity index (χ1n) is 8.41. The van der Waals surface area contributed by atoms with Crippen LogP contribution in [0.15, 0.2) is 46.6 Å². The van der Waals surface area contributed by atoms with Crippen molar-refractivity contribution in [3.63, 3.8) is 0 Å². The Bertz CT molecular complexity index is 519. The molecule has 0 aliphatic heterocycles. The Morgan fingerprint density at radius 3 is 1.30 bits per heavy atom. The van der Waals surface area contributed by atoms with E-state index in [-0.39, 0.29) is 11.5 Å². The Morgan fingerprint density at radius 1 is 0.652 bits per heavy atom. The molecule has 0 heterocycles. The van der Waals surface area contributed by atoms with Crippen LogP contribution < -0.4 is 0 Å². The Kier molecular flexibility index (Phi) is 10.9. The minimum atomic E-state index is -3.04. The summed E-state index contributed by atoms with van der Waals surface area (Å²) in [6.07, 6.45) is 11.9. The predicted octanol–water partition coefficient (Wildman–Crippen LogP) is 5.79. The highest BCUT2D eigenvalue weighted by atomic mass is 32.2. The molecule has 0 unspecified atom stereocenters. The van der Waals surface area contributed by atoms with Crippen LogP contribution in [0.2, 0.25) is 0 Å². The molecule has 0 aromatic heterocycles. The fourth-order valence-corrected chi connectivity index (χ4v) is 3.20. The third kappa shape index (κ3) is 14.2. The van der Waals surface area contributed by atoms with Gasteiger partial charge in [-0.2, -0.15) is 0 Å². The second-order valence-electron chi connectivity index (χ2n) is 6.82. The molecule has 0 radical (unpaired) electrons. The summed E-state index contributed by atoms with van der Waals surface area (Å²) in [6.45, 7) is 12.3. The zero-order valence-corrected chi connectivity index (χ0v) is 16.6. The van der Waals surface area contributed by atoms with Gasteiger partial charge in [0, 0.05) is 0 Å². The lowest BCUT2D eigenvalue weighted by Gasteiger charge is -2.02. The predicted molar refractivity (Wildman–Crippen MR) is 103 cm³/mol. The highest BCUT2D eigenvalue weighted by Crippen LogP contribution is 2.10. The van der Waals surface area contributed by atoms with Crippen molar-refractivity contribution in [2.45, 2.75) is 67.2 Å². The van der Waals surface area contributed by atoms with Crippen LogP contribution in [0.25, 0.3) is 0 Å². The summed E-state index contributed by atoms with van der Waals surface area (Å²) < 4.78 is 24.2. The molecule has 23 heavy (non-hydrogen) atoms. The molecular weight excluding hydrogens is 304 g/mol. The summed E-state index contributed by atoms with van der Waals surface area (Å²) in [6, 6.07) is 0. The van der Waals surface area contributed by atoms with Crippen molar-refractivity contribution in [2.75, 3.05) is 11.5 Å². The van der Waals surface area contributed by atoms with Gasteiger partial charge >= 0.3 is 0 Å². The van der Waals surface area contributed by atoms with E-state index in [1.54, 1.807) is 0 Å². The van der Waals surface area contributed by atoms with Gasteiger partial charge in [-0.3, -0.25) is 0 Å². The quantitative estimate of drug-likeness (QED) is 0.473. The molecule has 0 saturated heterocycles. The summed E-state index contributed by atoms with van der Waals surface area (Å²) >= 11 is 0. The van der Waals surface area contributed by atoms with E-state index in [0.29, 0.717) is 0 Å². The first-order chi connectivity index (χ1) is 10.6. The standard InChI is InChI=1S/C20H34O2S/c1-17(2)9-7-11-19(5)13-15-23(21,22)16-14-20(6)12-8-10-18(3)4/h9-10,13-14H,7-8,11-12,15-16H2,1-6H3. The molecule has 0 fully saturated rings. The largest absolute Gasteiger partial charge is 0.228 e. The van der Waals surface area contributed by atoms with Gasteiger partial charge in [-0.1, -0.05) is 46.6 Å². The molecule has 0 aliphatic carbocycles. The molecule has 0 aliphatic rings. The Balaban J connectivity index is 4.37. The number of allylic oxidation sites excluding steroid dienone is 6. The SMILES string of the molecule is CC(C)=CCCC(C)=CCS(=O)(=O)CC=C(C)CCC=C(C)C. The topological polar surface area (TPSA) is 34.1 Å². The van der Waals surface area contributed by atoms with E-state index < -0.39 is 9.84 Å². The van der Waals surface area contributed by atoms with Gasteiger partial charge in [0.1, 0.15) is 0 Å². The van der Waals surface area contributed by atoms with Gasteiger partial charge in [-0.05, 0) is 67.2 Å². The van der Waals surface area contributed by atoms with Crippen LogP contribution in [-0.4, -0.2) is 19.9 Å². The Labute approximate surface area is 144 Å². The van der Waals surface area contributed by atoms with Crippen LogP contribution in [0, 0.1) is 0 Å². The van der Waals surface area contributed by atoms with Gasteiger partial charge < -0.3 is 0 Å². The molecule has 3 heteroatoms. The van der Waals surface area contributed by atoms with Crippen molar-refractivity contribution in [3.8, 4) is 0 Å². The minimum absolute atomic E-state index is 0.144. The number of hydrogen-bond acceptors (Lipinski definition) is 2. The molecule has 0 N–H and O–H groups in total. The molecule has 0 amide bonds. The second kappa shape index (κ2) is 11.4. The summed E-state index contributed by atoms with van der Waals surface area (Å²) in [4.78, 5) is 0. The van der Waals surface area contributed by atoms with Gasteiger partial charge in [0.15, 0.2) is 9.84 Å². The number of sulfone groups is 1. The van der Waals surface area contributed by atoms with Crippen molar-refractivity contribution < 1.29 is 8.42 Å². The zero-order valence-electron chi connectivity index (χ0n) is 15.8. The van der Waals surface area contributed by atoms with Gasteiger partial charge in [0.2, 0.25) is 0 Å². The first-order valence-corrected chi connectivity index (χ1v) is 10.2. The van der Waals surface area contributed by atoms with Gasteiger partial charge in [-0.15, -0.1) is 0 Å². The normalized spacial score (nSPS) is 13.0. The molecular formula is C20H34O2S. The molecule has 0 rings (SSSR count). The molecule has 0 aromatic rings. The fourth-order valence-electron chi connectivity index (χ4n) is 1.99. The third-order valence-corrected chi connectivity index (χ3v) is 4.90. The smallest absolute Gasteiger partial charge is 0.157 e. The summed E-state index contributed by atoms with van der Waals surface area (Å²) in [7, 11) is -3.04. The van der Waals surface area contributed by atoms with Crippen LogP contribution in [0.1, 0.15) is 67.2 Å². The monoisotopic (exact) mass is 338 g/mol. The average Bonchev–Trinajstić information content (AvgIpc) is 2.42. The third-order valence-electron chi connectivity index (χ3n) is 3.55. The van der Waals surface area contributed by atoms with Gasteiger partial charge in [0.05, 0.1) is 11.5 Å². The summed E-state index contributed by atoms with van der Waals surface area (Å²) in [5, 5.41) is 0. The molecule has 0 saturated carbocycles. The Hall–Kier alpha value is -1.09. The minimum Gasteiger partial charge on any atom is -0.228 e. The zero-order chi connectivity index (χ0) is 17.9. The van der Waals surface area contributed by atoms with E-state index in [4.69, 9.17) is 0 Å². The maximum absolute atomic E-state index is 12.1. The van der Waals surface area contributed by atoms with Crippen molar-refractivity contribution in [2.24, 2.45) is 0 Å². The number of rotatable bonds is 10. The van der Waals surface area contributed by atoms with Crippen LogP contribution in [0.4, 0.5) is 0 Å². The van der Waals surface area contributed by atoms with Gasteiger partial charge in [0.25, 0.3) is 0 Å². The molecule has 2 nitrogen and oxygen atoms in total. The lowest BCUT2D eigenvalue weighted by Crippen LogP contribution is -2.08. The van der Waals surface area contributed by atoms with Crippen LogP contribution >= 0.6 is 0 Å². The van der Waals surface area contributed by atoms with Crippen molar-refractivity contribution in [1.29, 1.82) is 0 Å². The molecule has 0 aromatic carbocycles. The fraction of sp³-hybridized carbons (Fsp3) is 0.600. The lowest BCUT2D eigenvalue weighted by atomic mass is 10.1. The van der Waals surface area contributed by atoms with E-state index in [9.17, 15) is 8.42 Å². The van der Waals surface area contributed by atoms with Crippen molar-refractivity contribution in [1.82, 2.24) is 0 Å². The van der Waals surface area contributed by atoms with Crippen molar-refractivity contribution in [3.05, 3.63) is 46.6 Å². The lowest BCUT2D eigenvalue weighted by molar-refractivity contribution is 0.601. The van der Waals surface area contributed by atoms with Crippen LogP contribution in [0.3, 0.4) is 0 Å². The maximum Gasteiger partial charge on any atom is 0.157 e. The van der Waals surface area contributed by atoms with E-state index in [2.05, 4.69) is 39.8 Å². The van der Waals surface area contributed by atoms with E-state index >= 15 is 0 Å². The van der Waals surface area contributed by atoms with Gasteiger partial charge in [-0.25, -0.2) is 8.42 Å². The Morgan fingerprint density at radius 2 is 1.00 bits per heavy atom. The number of hydrogen-bond donors (Lipinski definition) is 0.